The van der Waals surface area contributed by atoms with Crippen LogP contribution >= 0.6 is 22.7 Å². The molecule has 10 rings (SSSR count). The van der Waals surface area contributed by atoms with Gasteiger partial charge in [-0.1, -0.05) is 127 Å². The first-order chi connectivity index (χ1) is 23.3. The quantitative estimate of drug-likeness (QED) is 0.182. The Morgan fingerprint density at radius 1 is 0.383 bits per heavy atom. The zero-order valence-corrected chi connectivity index (χ0v) is 27.0. The van der Waals surface area contributed by atoms with E-state index in [2.05, 4.69) is 168 Å². The first kappa shape index (κ1) is 26.7. The molecule has 0 amide bonds. The van der Waals surface area contributed by atoms with E-state index in [1.807, 2.05) is 22.7 Å². The molecule has 0 saturated heterocycles. The second kappa shape index (κ2) is 10.5. The largest absolute Gasteiger partial charge is 0.308 e. The van der Waals surface area contributed by atoms with Gasteiger partial charge in [-0.2, -0.15) is 0 Å². The van der Waals surface area contributed by atoms with Crippen LogP contribution in [-0.2, 0) is 0 Å². The molecule has 3 heterocycles. The third-order valence-electron chi connectivity index (χ3n) is 9.43. The molecule has 0 radical (unpaired) electrons. The highest BCUT2D eigenvalue weighted by Crippen LogP contribution is 2.47. The number of hydrogen-bond donors (Lipinski definition) is 0. The van der Waals surface area contributed by atoms with E-state index in [9.17, 15) is 0 Å². The summed E-state index contributed by atoms with van der Waals surface area (Å²) >= 11 is 3.79. The van der Waals surface area contributed by atoms with E-state index in [4.69, 9.17) is 0 Å². The smallest absolute Gasteiger partial charge is 0.0727 e. The van der Waals surface area contributed by atoms with Crippen LogP contribution in [0.25, 0.3) is 90.4 Å². The van der Waals surface area contributed by atoms with Crippen molar-refractivity contribution in [2.45, 2.75) is 0 Å². The molecular weight excluding hydrogens is 607 g/mol. The predicted molar refractivity (Wildman–Crippen MR) is 205 cm³/mol. The third kappa shape index (κ3) is 4.07. The first-order valence-electron chi connectivity index (χ1n) is 15.9. The topological polar surface area (TPSA) is 4.93 Å². The lowest BCUT2D eigenvalue weighted by Gasteiger charge is -2.13. The zero-order valence-electron chi connectivity index (χ0n) is 25.4. The first-order valence-corrected chi connectivity index (χ1v) is 17.6. The van der Waals surface area contributed by atoms with Crippen LogP contribution in [0.5, 0.6) is 0 Å². The Hall–Kier alpha value is -5.48. The highest BCUT2D eigenvalue weighted by atomic mass is 32.1. The number of rotatable bonds is 4. The average molecular weight is 634 g/mol. The number of nitrogens with zero attached hydrogens (tertiary/aromatic N) is 1. The number of benzene rings is 7. The minimum absolute atomic E-state index is 1.19. The van der Waals surface area contributed by atoms with Crippen LogP contribution in [0.1, 0.15) is 0 Å². The van der Waals surface area contributed by atoms with Gasteiger partial charge in [-0.15, -0.1) is 22.7 Å². The van der Waals surface area contributed by atoms with Crippen molar-refractivity contribution in [2.24, 2.45) is 0 Å². The van der Waals surface area contributed by atoms with Gasteiger partial charge in [0.2, 0.25) is 0 Å². The average Bonchev–Trinajstić information content (AvgIpc) is 3.81. The van der Waals surface area contributed by atoms with Crippen molar-refractivity contribution in [3.63, 3.8) is 0 Å². The summed E-state index contributed by atoms with van der Waals surface area (Å²) in [5.74, 6) is 0. The van der Waals surface area contributed by atoms with Crippen molar-refractivity contribution in [1.82, 2.24) is 4.57 Å². The molecule has 0 atom stereocenters. The molecule has 0 unspecified atom stereocenters. The molecule has 0 spiro atoms. The molecule has 3 aromatic heterocycles. The molecule has 3 heteroatoms. The van der Waals surface area contributed by atoms with Gasteiger partial charge >= 0.3 is 0 Å². The predicted octanol–water partition coefficient (Wildman–Crippen LogP) is 13.4. The fourth-order valence-corrected chi connectivity index (χ4v) is 9.84. The summed E-state index contributed by atoms with van der Waals surface area (Å²) in [6.45, 7) is 0. The van der Waals surface area contributed by atoms with Gasteiger partial charge in [-0.3, -0.25) is 0 Å². The lowest BCUT2D eigenvalue weighted by Crippen LogP contribution is -1.93. The summed E-state index contributed by atoms with van der Waals surface area (Å²) in [6, 6.07) is 59.9. The summed E-state index contributed by atoms with van der Waals surface area (Å²) in [5, 5.41) is 5.25. The van der Waals surface area contributed by atoms with E-state index in [0.29, 0.717) is 0 Å². The van der Waals surface area contributed by atoms with Crippen molar-refractivity contribution in [3.8, 4) is 39.1 Å². The van der Waals surface area contributed by atoms with Crippen LogP contribution < -0.4 is 0 Å². The van der Waals surface area contributed by atoms with Crippen LogP contribution in [0.2, 0.25) is 0 Å². The maximum absolute atomic E-state index is 2.45. The molecule has 7 aromatic carbocycles. The van der Waals surface area contributed by atoms with Crippen molar-refractivity contribution < 1.29 is 0 Å². The van der Waals surface area contributed by atoms with Gasteiger partial charge < -0.3 is 4.57 Å². The fraction of sp³-hybridized carbons (Fsp3) is 0. The van der Waals surface area contributed by atoms with Gasteiger partial charge in [0.1, 0.15) is 0 Å². The third-order valence-corrected chi connectivity index (χ3v) is 11.8. The Morgan fingerprint density at radius 3 is 1.91 bits per heavy atom. The number of hydrogen-bond acceptors (Lipinski definition) is 2. The van der Waals surface area contributed by atoms with Gasteiger partial charge in [0.25, 0.3) is 0 Å². The summed E-state index contributed by atoms with van der Waals surface area (Å²) in [7, 11) is 0. The Morgan fingerprint density at radius 2 is 1.04 bits per heavy atom. The standard InChI is InChI=1S/C44H27NS2/c1-3-13-28(14-4-1)32-20-11-22-36-41-34(21-12-24-40(41)47-43(32)36)33-18-8-7-17-31(33)29-25-26-39-37(27-29)42-44(46-39)35-19-9-10-23-38(35)45(42)30-15-5-2-6-16-30/h1-27H. The number of aromatic nitrogens is 1. The van der Waals surface area contributed by atoms with Crippen LogP contribution in [0.4, 0.5) is 0 Å². The highest BCUT2D eigenvalue weighted by Gasteiger charge is 2.20. The van der Waals surface area contributed by atoms with E-state index in [0.717, 1.165) is 0 Å². The molecular formula is C44H27NS2. The van der Waals surface area contributed by atoms with Crippen LogP contribution in [0.15, 0.2) is 164 Å². The van der Waals surface area contributed by atoms with Crippen molar-refractivity contribution in [3.05, 3.63) is 164 Å². The lowest BCUT2D eigenvalue weighted by atomic mass is 9.91. The van der Waals surface area contributed by atoms with E-state index in [1.54, 1.807) is 0 Å². The Bertz CT molecular complexity index is 2780. The Balaban J connectivity index is 1.21. The zero-order chi connectivity index (χ0) is 30.9. The molecule has 220 valence electrons. The van der Waals surface area contributed by atoms with Crippen molar-refractivity contribution in [2.75, 3.05) is 0 Å². The van der Waals surface area contributed by atoms with E-state index in [-0.39, 0.29) is 0 Å². The highest BCUT2D eigenvalue weighted by molar-refractivity contribution is 7.27. The summed E-state index contributed by atoms with van der Waals surface area (Å²) in [5.41, 5.74) is 11.3. The van der Waals surface area contributed by atoms with Gasteiger partial charge in [-0.05, 0) is 69.8 Å². The maximum Gasteiger partial charge on any atom is 0.0727 e. The number of para-hydroxylation sites is 2. The number of thiophene rings is 2. The minimum Gasteiger partial charge on any atom is -0.308 e. The molecule has 0 bridgehead atoms. The van der Waals surface area contributed by atoms with Gasteiger partial charge in [0, 0.05) is 41.3 Å². The van der Waals surface area contributed by atoms with E-state index in [1.165, 1.54) is 90.4 Å². The van der Waals surface area contributed by atoms with E-state index >= 15 is 0 Å². The minimum atomic E-state index is 1.19. The molecule has 0 N–H and O–H groups in total. The monoisotopic (exact) mass is 633 g/mol. The normalized spacial score (nSPS) is 11.8. The Labute approximate surface area is 280 Å². The number of fused-ring (bicyclic) bond motifs is 8. The van der Waals surface area contributed by atoms with Crippen LogP contribution in [-0.4, -0.2) is 4.57 Å². The Kier molecular flexibility index (Phi) is 5.98. The second-order valence-corrected chi connectivity index (χ2v) is 14.2. The molecule has 47 heavy (non-hydrogen) atoms. The van der Waals surface area contributed by atoms with Gasteiger partial charge in [-0.25, -0.2) is 0 Å². The van der Waals surface area contributed by atoms with Gasteiger partial charge in [0.15, 0.2) is 0 Å². The molecule has 0 saturated carbocycles. The molecule has 10 aromatic rings. The maximum atomic E-state index is 2.45. The van der Waals surface area contributed by atoms with Crippen molar-refractivity contribution >= 4 is 74.1 Å². The van der Waals surface area contributed by atoms with Gasteiger partial charge in [0.05, 0.1) is 15.7 Å². The SMILES string of the molecule is c1ccc(-c2cccc3c2sc2cccc(-c4ccccc4-c4ccc5sc6c7ccccc7n(-c7ccccc7)c6c5c4)c23)cc1. The summed E-state index contributed by atoms with van der Waals surface area (Å²) in [6.07, 6.45) is 0. The van der Waals surface area contributed by atoms with Crippen molar-refractivity contribution in [1.29, 1.82) is 0 Å². The molecule has 0 aliphatic carbocycles. The fourth-order valence-electron chi connectivity index (χ4n) is 7.37. The summed E-state index contributed by atoms with van der Waals surface area (Å²) in [4.78, 5) is 0. The van der Waals surface area contributed by atoms with Crippen LogP contribution in [0, 0.1) is 0 Å². The molecule has 0 aliphatic heterocycles. The molecule has 0 fully saturated rings. The molecule has 0 aliphatic rings. The lowest BCUT2D eigenvalue weighted by molar-refractivity contribution is 1.19. The van der Waals surface area contributed by atoms with Crippen LogP contribution in [0.3, 0.4) is 0 Å². The molecule has 1 nitrogen and oxygen atoms in total. The van der Waals surface area contributed by atoms with E-state index < -0.39 is 0 Å². The summed E-state index contributed by atoms with van der Waals surface area (Å²) < 4.78 is 7.76. The second-order valence-electron chi connectivity index (χ2n) is 12.1.